The van der Waals surface area contributed by atoms with E-state index in [1.165, 1.54) is 0 Å². The molecular formula is C22H28N4O4. The molecule has 8 heteroatoms. The van der Waals surface area contributed by atoms with Gasteiger partial charge in [0, 0.05) is 37.2 Å². The number of hydrogen-bond donors (Lipinski definition) is 3. The van der Waals surface area contributed by atoms with Gasteiger partial charge >= 0.3 is 0 Å². The fourth-order valence-corrected chi connectivity index (χ4v) is 5.64. The fourth-order valence-electron chi connectivity index (χ4n) is 5.64. The minimum Gasteiger partial charge on any atom is -0.381 e. The highest BCUT2D eigenvalue weighted by Gasteiger charge is 2.41. The van der Waals surface area contributed by atoms with Crippen LogP contribution in [0.15, 0.2) is 18.2 Å². The second kappa shape index (κ2) is 7.76. The Bertz CT molecular complexity index is 874. The molecule has 1 aromatic carbocycles. The molecule has 2 bridgehead atoms. The van der Waals surface area contributed by atoms with E-state index in [1.54, 1.807) is 4.90 Å². The first-order valence-corrected chi connectivity index (χ1v) is 10.8. The number of fused-ring (bicyclic) bond motifs is 3. The van der Waals surface area contributed by atoms with E-state index in [4.69, 9.17) is 10.5 Å². The third-order valence-corrected chi connectivity index (χ3v) is 7.10. The maximum absolute atomic E-state index is 13.0. The maximum Gasteiger partial charge on any atom is 0.255 e. The Kier molecular flexibility index (Phi) is 5.08. The van der Waals surface area contributed by atoms with Gasteiger partial charge in [-0.1, -0.05) is 12.1 Å². The summed E-state index contributed by atoms with van der Waals surface area (Å²) in [7, 11) is 0. The van der Waals surface area contributed by atoms with Crippen LogP contribution in [0.25, 0.3) is 0 Å². The van der Waals surface area contributed by atoms with Crippen LogP contribution in [-0.4, -0.2) is 54.0 Å². The molecule has 1 aliphatic carbocycles. The van der Waals surface area contributed by atoms with Crippen molar-refractivity contribution >= 4 is 17.7 Å². The summed E-state index contributed by atoms with van der Waals surface area (Å²) >= 11 is 0. The van der Waals surface area contributed by atoms with Gasteiger partial charge in [-0.2, -0.15) is 0 Å². The molecule has 4 N–H and O–H groups in total. The Hall–Kier alpha value is -2.29. The van der Waals surface area contributed by atoms with Crippen molar-refractivity contribution in [1.82, 2.24) is 15.5 Å². The number of nitrogens with two attached hydrogens (primary N) is 1. The van der Waals surface area contributed by atoms with Crippen molar-refractivity contribution in [2.45, 2.75) is 56.9 Å². The van der Waals surface area contributed by atoms with E-state index >= 15 is 0 Å². The molecule has 1 aromatic rings. The number of carbonyl (C=O) groups is 3. The lowest BCUT2D eigenvalue weighted by Crippen LogP contribution is -2.55. The first-order valence-electron chi connectivity index (χ1n) is 10.8. The van der Waals surface area contributed by atoms with Gasteiger partial charge in [0.2, 0.25) is 11.8 Å². The van der Waals surface area contributed by atoms with Crippen LogP contribution in [-0.2, 0) is 27.4 Å². The monoisotopic (exact) mass is 412 g/mol. The van der Waals surface area contributed by atoms with E-state index in [0.29, 0.717) is 43.0 Å². The lowest BCUT2D eigenvalue weighted by molar-refractivity contribution is -0.136. The van der Waals surface area contributed by atoms with Crippen LogP contribution in [0.4, 0.5) is 0 Å². The maximum atomic E-state index is 13.0. The Morgan fingerprint density at radius 2 is 1.93 bits per heavy atom. The van der Waals surface area contributed by atoms with Crippen LogP contribution in [0.1, 0.15) is 47.2 Å². The van der Waals surface area contributed by atoms with Gasteiger partial charge in [0.15, 0.2) is 0 Å². The van der Waals surface area contributed by atoms with Gasteiger partial charge in [-0.3, -0.25) is 19.7 Å². The molecule has 3 atom stereocenters. The molecule has 0 aromatic heterocycles. The molecular weight excluding hydrogens is 384 g/mol. The second-order valence-corrected chi connectivity index (χ2v) is 9.04. The number of rotatable bonds is 4. The fraction of sp³-hybridized carbons (Fsp3) is 0.591. The van der Waals surface area contributed by atoms with E-state index in [0.717, 1.165) is 37.2 Å². The summed E-state index contributed by atoms with van der Waals surface area (Å²) in [6.45, 7) is 2.57. The number of piperidine rings is 1. The predicted molar refractivity (Wildman–Crippen MR) is 108 cm³/mol. The number of hydrogen-bond acceptors (Lipinski definition) is 6. The van der Waals surface area contributed by atoms with Crippen LogP contribution in [0.5, 0.6) is 0 Å². The van der Waals surface area contributed by atoms with E-state index < -0.39 is 6.04 Å². The lowest BCUT2D eigenvalue weighted by Gasteiger charge is -2.45. The average molecular weight is 412 g/mol. The molecule has 5 rings (SSSR count). The Morgan fingerprint density at radius 1 is 1.17 bits per heavy atom. The topological polar surface area (TPSA) is 114 Å². The minimum atomic E-state index is -0.584. The summed E-state index contributed by atoms with van der Waals surface area (Å²) in [5.74, 6) is 0.0671. The van der Waals surface area contributed by atoms with Crippen molar-refractivity contribution < 1.29 is 19.1 Å². The zero-order chi connectivity index (χ0) is 20.8. The number of imide groups is 1. The van der Waals surface area contributed by atoms with Gasteiger partial charge < -0.3 is 20.7 Å². The van der Waals surface area contributed by atoms with E-state index in [-0.39, 0.29) is 30.2 Å². The van der Waals surface area contributed by atoms with Crippen LogP contribution < -0.4 is 16.4 Å². The molecule has 0 radical (unpaired) electrons. The molecule has 160 valence electrons. The van der Waals surface area contributed by atoms with Crippen molar-refractivity contribution in [1.29, 1.82) is 0 Å². The number of nitrogens with one attached hydrogen (secondary N) is 2. The molecule has 3 fully saturated rings. The molecule has 30 heavy (non-hydrogen) atoms. The highest BCUT2D eigenvalue weighted by Crippen LogP contribution is 2.34. The van der Waals surface area contributed by atoms with Crippen molar-refractivity contribution in [3.63, 3.8) is 0 Å². The highest BCUT2D eigenvalue weighted by molar-refractivity contribution is 6.05. The van der Waals surface area contributed by atoms with Crippen molar-refractivity contribution in [3.05, 3.63) is 34.9 Å². The van der Waals surface area contributed by atoms with Crippen LogP contribution in [0, 0.1) is 11.8 Å². The van der Waals surface area contributed by atoms with Gasteiger partial charge in [-0.05, 0) is 48.3 Å². The van der Waals surface area contributed by atoms with Gasteiger partial charge in [0.1, 0.15) is 6.04 Å². The first-order chi connectivity index (χ1) is 14.5. The van der Waals surface area contributed by atoms with E-state index in [1.807, 2.05) is 18.2 Å². The van der Waals surface area contributed by atoms with Crippen molar-refractivity contribution in [2.24, 2.45) is 17.6 Å². The number of nitrogens with zero attached hydrogens (tertiary/aromatic N) is 1. The molecule has 2 saturated heterocycles. The summed E-state index contributed by atoms with van der Waals surface area (Å²) in [6, 6.07) is 5.83. The largest absolute Gasteiger partial charge is 0.381 e. The predicted octanol–water partition coefficient (Wildman–Crippen LogP) is 0.290. The summed E-state index contributed by atoms with van der Waals surface area (Å²) in [5.41, 5.74) is 8.94. The van der Waals surface area contributed by atoms with Crippen LogP contribution in [0.2, 0.25) is 0 Å². The zero-order valence-electron chi connectivity index (χ0n) is 16.9. The Balaban J connectivity index is 1.31. The molecule has 3 aliphatic heterocycles. The van der Waals surface area contributed by atoms with Gasteiger partial charge in [0.05, 0.1) is 13.2 Å². The van der Waals surface area contributed by atoms with Gasteiger partial charge in [-0.15, -0.1) is 0 Å². The first kappa shape index (κ1) is 19.7. The van der Waals surface area contributed by atoms with Gasteiger partial charge in [-0.25, -0.2) is 0 Å². The number of ether oxygens (including phenoxy) is 1. The summed E-state index contributed by atoms with van der Waals surface area (Å²) in [6.07, 6.45) is 2.59. The molecule has 3 amide bonds. The van der Waals surface area contributed by atoms with Crippen LogP contribution >= 0.6 is 0 Å². The number of amides is 3. The Labute approximate surface area is 175 Å². The standard InChI is InChI=1S/C22H28N4O4/c23-15-6-13-10-30-11-14(7-15)20(13)24-8-12-2-1-3-16-17(12)9-26(22(16)29)18-4-5-19(27)25-21(18)28/h1-3,13-15,18,20,24H,4-11,23H2,(H,25,27,28). The lowest BCUT2D eigenvalue weighted by atomic mass is 9.73. The Morgan fingerprint density at radius 3 is 2.67 bits per heavy atom. The molecule has 8 nitrogen and oxygen atoms in total. The van der Waals surface area contributed by atoms with E-state index in [2.05, 4.69) is 10.6 Å². The minimum absolute atomic E-state index is 0.129. The molecule has 0 spiro atoms. The smallest absolute Gasteiger partial charge is 0.255 e. The molecule has 3 unspecified atom stereocenters. The van der Waals surface area contributed by atoms with Crippen molar-refractivity contribution in [2.75, 3.05) is 13.2 Å². The number of carbonyl (C=O) groups excluding carboxylic acids is 3. The third-order valence-electron chi connectivity index (χ3n) is 7.10. The molecule has 3 heterocycles. The average Bonchev–Trinajstić information content (AvgIpc) is 3.03. The second-order valence-electron chi connectivity index (χ2n) is 9.04. The SMILES string of the molecule is NC1CC2COCC(C1)C2NCc1cccc2c1CN(C1CCC(=O)NC1=O)C2=O. The molecule has 1 saturated carbocycles. The summed E-state index contributed by atoms with van der Waals surface area (Å²) < 4.78 is 5.75. The quantitative estimate of drug-likeness (QED) is 0.613. The zero-order valence-corrected chi connectivity index (χ0v) is 16.9. The summed E-state index contributed by atoms with van der Waals surface area (Å²) in [5, 5.41) is 6.08. The summed E-state index contributed by atoms with van der Waals surface area (Å²) in [4.78, 5) is 38.3. The van der Waals surface area contributed by atoms with Gasteiger partial charge in [0.25, 0.3) is 5.91 Å². The van der Waals surface area contributed by atoms with E-state index in [9.17, 15) is 14.4 Å². The van der Waals surface area contributed by atoms with Crippen LogP contribution in [0.3, 0.4) is 0 Å². The highest BCUT2D eigenvalue weighted by atomic mass is 16.5. The number of benzene rings is 1. The molecule has 4 aliphatic rings. The third kappa shape index (κ3) is 3.42. The van der Waals surface area contributed by atoms with Crippen molar-refractivity contribution in [3.8, 4) is 0 Å². The normalized spacial score (nSPS) is 33.4.